The molecule has 0 aliphatic rings. The van der Waals surface area contributed by atoms with Crippen LogP contribution in [0.5, 0.6) is 0 Å². The maximum Gasteiger partial charge on any atom is 0.305 e. The summed E-state index contributed by atoms with van der Waals surface area (Å²) in [5.74, 6) is -2.29. The van der Waals surface area contributed by atoms with Crippen LogP contribution in [-0.4, -0.2) is 68.9 Å². The molecule has 3 aromatic carbocycles. The van der Waals surface area contributed by atoms with Gasteiger partial charge in [0.1, 0.15) is 5.82 Å². The van der Waals surface area contributed by atoms with Gasteiger partial charge in [-0.2, -0.15) is 0 Å². The molecule has 0 saturated carbocycles. The fraction of sp³-hybridized carbons (Fsp3) is 0.306. The number of carboxylic acids is 1. The Labute approximate surface area is 267 Å². The third-order valence-corrected chi connectivity index (χ3v) is 7.69. The van der Waals surface area contributed by atoms with Crippen molar-refractivity contribution in [2.75, 3.05) is 19.4 Å². The van der Waals surface area contributed by atoms with Crippen LogP contribution in [0.1, 0.15) is 65.4 Å². The van der Waals surface area contributed by atoms with Gasteiger partial charge < -0.3 is 30.1 Å². The number of hydrogen-bond acceptors (Lipinski definition) is 5. The number of carbonyl (C=O) groups excluding carboxylic acids is 2. The SMILES string of the molecule is CC(C)c1c(C(=O)Nc2ccc(C(=O)N(C)C)cc2)c(-c2ccccc2)c(-c2ccc(F)cc2)n1CC[C@@H](O)C[C@@H](O)CC(=O)O. The molecule has 1 heterocycles. The Kier molecular flexibility index (Phi) is 11.1. The van der Waals surface area contributed by atoms with Crippen LogP contribution in [0.3, 0.4) is 0 Å². The molecular weight excluding hydrogens is 589 g/mol. The lowest BCUT2D eigenvalue weighted by atomic mass is 9.94. The second-order valence-electron chi connectivity index (χ2n) is 11.8. The number of nitrogens with zero attached hydrogens (tertiary/aromatic N) is 2. The zero-order valence-corrected chi connectivity index (χ0v) is 26.4. The molecule has 4 N–H and O–H groups in total. The Morgan fingerprint density at radius 1 is 0.870 bits per heavy atom. The van der Waals surface area contributed by atoms with Crippen molar-refractivity contribution in [2.45, 2.75) is 57.8 Å². The molecule has 0 fully saturated rings. The first-order valence-corrected chi connectivity index (χ1v) is 15.2. The van der Waals surface area contributed by atoms with Gasteiger partial charge in [0.2, 0.25) is 0 Å². The van der Waals surface area contributed by atoms with Crippen molar-refractivity contribution in [3.05, 3.63) is 102 Å². The molecule has 4 rings (SSSR count). The number of aliphatic hydroxyl groups is 2. The molecule has 0 spiro atoms. The number of aliphatic carboxylic acids is 1. The first-order chi connectivity index (χ1) is 21.9. The summed E-state index contributed by atoms with van der Waals surface area (Å²) in [7, 11) is 3.33. The number of aromatic nitrogens is 1. The maximum absolute atomic E-state index is 14.3. The first kappa shape index (κ1) is 34.1. The number of amides is 2. The number of rotatable bonds is 13. The van der Waals surface area contributed by atoms with Crippen LogP contribution in [0.2, 0.25) is 0 Å². The van der Waals surface area contributed by atoms with Crippen molar-refractivity contribution in [1.29, 1.82) is 0 Å². The monoisotopic (exact) mass is 629 g/mol. The van der Waals surface area contributed by atoms with Gasteiger partial charge in [0.25, 0.3) is 11.8 Å². The Bertz CT molecular complexity index is 1660. The van der Waals surface area contributed by atoms with Crippen LogP contribution < -0.4 is 5.32 Å². The van der Waals surface area contributed by atoms with Crippen LogP contribution in [0.15, 0.2) is 78.9 Å². The van der Waals surface area contributed by atoms with Gasteiger partial charge in [0.05, 0.1) is 29.9 Å². The van der Waals surface area contributed by atoms with E-state index in [2.05, 4.69) is 5.32 Å². The zero-order valence-electron chi connectivity index (χ0n) is 26.4. The van der Waals surface area contributed by atoms with E-state index < -0.39 is 30.4 Å². The summed E-state index contributed by atoms with van der Waals surface area (Å²) in [5, 5.41) is 32.9. The van der Waals surface area contributed by atoms with Gasteiger partial charge in [-0.15, -0.1) is 0 Å². The molecule has 0 saturated heterocycles. The molecule has 0 unspecified atom stereocenters. The van der Waals surface area contributed by atoms with E-state index in [0.29, 0.717) is 39.3 Å². The standard InChI is InChI=1S/C36H40FN3O6/c1-22(2)33-32(35(45)38-27-16-12-25(13-17-27)36(46)39(3)4)31(23-8-6-5-7-9-23)34(24-10-14-26(37)15-11-24)40(33)19-18-28(41)20-29(42)21-30(43)44/h5-17,22,28-29,41-42H,18-21H2,1-4H3,(H,38,45)(H,43,44)/t28-,29-/m1/s1. The van der Waals surface area contributed by atoms with E-state index in [0.717, 1.165) is 5.56 Å². The number of carbonyl (C=O) groups is 3. The lowest BCUT2D eigenvalue weighted by Crippen LogP contribution is -2.22. The molecule has 2 amide bonds. The number of benzene rings is 3. The molecule has 0 radical (unpaired) electrons. The number of halogens is 1. The molecular formula is C36H40FN3O6. The van der Waals surface area contributed by atoms with Crippen molar-refractivity contribution in [3.8, 4) is 22.4 Å². The van der Waals surface area contributed by atoms with Crippen LogP contribution in [0, 0.1) is 5.82 Å². The largest absolute Gasteiger partial charge is 0.481 e. The minimum Gasteiger partial charge on any atom is -0.481 e. The van der Waals surface area contributed by atoms with E-state index in [9.17, 15) is 29.0 Å². The molecule has 9 nitrogen and oxygen atoms in total. The van der Waals surface area contributed by atoms with Crippen molar-refractivity contribution < 1.29 is 34.1 Å². The third-order valence-electron chi connectivity index (χ3n) is 7.69. The van der Waals surface area contributed by atoms with Crippen molar-refractivity contribution in [2.24, 2.45) is 0 Å². The predicted molar refractivity (Wildman–Crippen MR) is 175 cm³/mol. The van der Waals surface area contributed by atoms with E-state index >= 15 is 0 Å². The topological polar surface area (TPSA) is 132 Å². The second kappa shape index (κ2) is 15.0. The normalized spacial score (nSPS) is 12.5. The van der Waals surface area contributed by atoms with E-state index in [1.165, 1.54) is 17.0 Å². The van der Waals surface area contributed by atoms with Gasteiger partial charge in [-0.25, -0.2) is 4.39 Å². The number of nitrogens with one attached hydrogen (secondary N) is 1. The van der Waals surface area contributed by atoms with Crippen molar-refractivity contribution in [3.63, 3.8) is 0 Å². The van der Waals surface area contributed by atoms with E-state index in [4.69, 9.17) is 5.11 Å². The minimum absolute atomic E-state index is 0.123. The van der Waals surface area contributed by atoms with Gasteiger partial charge in [0.15, 0.2) is 0 Å². The summed E-state index contributed by atoms with van der Waals surface area (Å²) in [5.41, 5.74) is 4.78. The van der Waals surface area contributed by atoms with Crippen LogP contribution >= 0.6 is 0 Å². The molecule has 10 heteroatoms. The highest BCUT2D eigenvalue weighted by Gasteiger charge is 2.31. The summed E-state index contributed by atoms with van der Waals surface area (Å²) in [6.45, 7) is 4.15. The quantitative estimate of drug-likeness (QED) is 0.143. The molecule has 46 heavy (non-hydrogen) atoms. The highest BCUT2D eigenvalue weighted by atomic mass is 19.1. The van der Waals surface area contributed by atoms with Gasteiger partial charge in [-0.1, -0.05) is 44.2 Å². The summed E-state index contributed by atoms with van der Waals surface area (Å²) in [6, 6.07) is 22.0. The summed E-state index contributed by atoms with van der Waals surface area (Å²) < 4.78 is 16.1. The lowest BCUT2D eigenvalue weighted by Gasteiger charge is -2.20. The number of anilines is 1. The van der Waals surface area contributed by atoms with Crippen LogP contribution in [0.25, 0.3) is 22.4 Å². The molecule has 1 aromatic heterocycles. The number of hydrogen-bond donors (Lipinski definition) is 4. The van der Waals surface area contributed by atoms with Gasteiger partial charge >= 0.3 is 5.97 Å². The average Bonchev–Trinajstić information content (AvgIpc) is 3.36. The van der Waals surface area contributed by atoms with Crippen LogP contribution in [-0.2, 0) is 11.3 Å². The Hall–Kier alpha value is -4.80. The molecule has 4 aromatic rings. The summed E-state index contributed by atoms with van der Waals surface area (Å²) >= 11 is 0. The molecule has 0 aliphatic heterocycles. The minimum atomic E-state index is -1.21. The van der Waals surface area contributed by atoms with Gasteiger partial charge in [0, 0.05) is 43.1 Å². The van der Waals surface area contributed by atoms with Crippen molar-refractivity contribution >= 4 is 23.5 Å². The summed E-state index contributed by atoms with van der Waals surface area (Å²) in [4.78, 5) is 39.2. The first-order valence-electron chi connectivity index (χ1n) is 15.2. The highest BCUT2D eigenvalue weighted by molar-refractivity contribution is 6.12. The Morgan fingerprint density at radius 2 is 1.50 bits per heavy atom. The maximum atomic E-state index is 14.3. The van der Waals surface area contributed by atoms with Crippen molar-refractivity contribution in [1.82, 2.24) is 9.47 Å². The fourth-order valence-electron chi connectivity index (χ4n) is 5.64. The van der Waals surface area contributed by atoms with Gasteiger partial charge in [-0.05, 0) is 78.4 Å². The zero-order chi connectivity index (χ0) is 33.5. The predicted octanol–water partition coefficient (Wildman–Crippen LogP) is 6.02. The van der Waals surface area contributed by atoms with E-state index in [-0.39, 0.29) is 37.1 Å². The highest BCUT2D eigenvalue weighted by Crippen LogP contribution is 2.42. The number of carboxylic acid groups (broad SMARTS) is 1. The molecule has 2 atom stereocenters. The van der Waals surface area contributed by atoms with Crippen LogP contribution in [0.4, 0.5) is 10.1 Å². The third kappa shape index (κ3) is 8.07. The number of aliphatic hydroxyl groups excluding tert-OH is 2. The second-order valence-corrected chi connectivity index (χ2v) is 11.8. The average molecular weight is 630 g/mol. The molecule has 242 valence electrons. The Balaban J connectivity index is 1.86. The van der Waals surface area contributed by atoms with E-state index in [1.807, 2.05) is 48.7 Å². The fourth-order valence-corrected chi connectivity index (χ4v) is 5.64. The molecule has 0 aliphatic carbocycles. The summed E-state index contributed by atoms with van der Waals surface area (Å²) in [6.07, 6.45) is -2.67. The van der Waals surface area contributed by atoms with E-state index in [1.54, 1.807) is 50.5 Å². The molecule has 0 bridgehead atoms. The Morgan fingerprint density at radius 3 is 2.07 bits per heavy atom. The van der Waals surface area contributed by atoms with Gasteiger partial charge in [-0.3, -0.25) is 14.4 Å². The lowest BCUT2D eigenvalue weighted by molar-refractivity contribution is -0.139. The smallest absolute Gasteiger partial charge is 0.305 e.